The maximum atomic E-state index is 11.6. The van der Waals surface area contributed by atoms with Crippen molar-refractivity contribution < 1.29 is 4.79 Å². The minimum Gasteiger partial charge on any atom is -0.357 e. The third kappa shape index (κ3) is 2.05. The highest BCUT2D eigenvalue weighted by Gasteiger charge is 2.21. The van der Waals surface area contributed by atoms with Gasteiger partial charge in [-0.25, -0.2) is 4.98 Å². The van der Waals surface area contributed by atoms with Crippen molar-refractivity contribution in [3.05, 3.63) is 12.3 Å². The van der Waals surface area contributed by atoms with E-state index >= 15 is 0 Å². The van der Waals surface area contributed by atoms with Gasteiger partial charge >= 0.3 is 0 Å². The minimum absolute atomic E-state index is 0.121. The average molecular weight is 221 g/mol. The third-order valence-corrected chi connectivity index (χ3v) is 2.65. The Bertz CT molecular complexity index is 395. The lowest BCUT2D eigenvalue weighted by Gasteiger charge is -2.32. The summed E-state index contributed by atoms with van der Waals surface area (Å²) in [7, 11) is 3.59. The second kappa shape index (κ2) is 4.34. The summed E-state index contributed by atoms with van der Waals surface area (Å²) >= 11 is 0. The van der Waals surface area contributed by atoms with Crippen molar-refractivity contribution in [2.75, 3.05) is 43.9 Å². The molecule has 6 nitrogen and oxygen atoms in total. The molecular weight excluding hydrogens is 206 g/mol. The fraction of sp³-hybridized carbons (Fsp3) is 0.500. The zero-order chi connectivity index (χ0) is 11.5. The van der Waals surface area contributed by atoms with Crippen LogP contribution in [0.5, 0.6) is 0 Å². The molecule has 1 aliphatic heterocycles. The second-order valence-electron chi connectivity index (χ2n) is 3.73. The van der Waals surface area contributed by atoms with Crippen LogP contribution in [-0.4, -0.2) is 54.5 Å². The molecule has 0 atom stereocenters. The Hall–Kier alpha value is -1.85. The van der Waals surface area contributed by atoms with Gasteiger partial charge in [0.2, 0.25) is 11.9 Å². The number of hydrogen-bond donors (Lipinski definition) is 1. The number of nitrogens with one attached hydrogen (secondary N) is 1. The molecule has 0 saturated carbocycles. The van der Waals surface area contributed by atoms with Crippen LogP contribution in [0, 0.1) is 0 Å². The quantitative estimate of drug-likeness (QED) is 0.749. The van der Waals surface area contributed by atoms with Gasteiger partial charge in [-0.1, -0.05) is 0 Å². The summed E-state index contributed by atoms with van der Waals surface area (Å²) in [6.07, 6.45) is 1.69. The molecule has 1 aliphatic rings. The van der Waals surface area contributed by atoms with Crippen LogP contribution >= 0.6 is 0 Å². The van der Waals surface area contributed by atoms with Crippen molar-refractivity contribution in [1.29, 1.82) is 0 Å². The average Bonchev–Trinajstić information content (AvgIpc) is 2.33. The molecule has 0 radical (unpaired) electrons. The standard InChI is InChI=1S/C10H15N5O/c1-11-10-12-4-3-8(13-10)15-6-5-14(2)9(16)7-15/h3-4H,5-7H2,1-2H3,(H,11,12,13). The first-order chi connectivity index (χ1) is 7.70. The third-order valence-electron chi connectivity index (χ3n) is 2.65. The summed E-state index contributed by atoms with van der Waals surface area (Å²) < 4.78 is 0. The lowest BCUT2D eigenvalue weighted by molar-refractivity contribution is -0.129. The van der Waals surface area contributed by atoms with E-state index in [2.05, 4.69) is 15.3 Å². The Morgan fingerprint density at radius 2 is 2.25 bits per heavy atom. The molecule has 16 heavy (non-hydrogen) atoms. The van der Waals surface area contributed by atoms with Gasteiger partial charge < -0.3 is 15.1 Å². The summed E-state index contributed by atoms with van der Waals surface area (Å²) in [6, 6.07) is 1.82. The molecule has 6 heteroatoms. The van der Waals surface area contributed by atoms with E-state index in [0.29, 0.717) is 12.5 Å². The van der Waals surface area contributed by atoms with Crippen LogP contribution in [0.2, 0.25) is 0 Å². The Balaban J connectivity index is 2.15. The molecule has 2 heterocycles. The maximum Gasteiger partial charge on any atom is 0.241 e. The predicted octanol–water partition coefficient (Wildman–Crippen LogP) is -0.203. The van der Waals surface area contributed by atoms with Gasteiger partial charge in [-0.15, -0.1) is 0 Å². The fourth-order valence-electron chi connectivity index (χ4n) is 1.60. The molecule has 0 bridgehead atoms. The van der Waals surface area contributed by atoms with E-state index in [4.69, 9.17) is 0 Å². The molecule has 0 aromatic carbocycles. The topological polar surface area (TPSA) is 61.4 Å². The van der Waals surface area contributed by atoms with Gasteiger partial charge in [0.1, 0.15) is 5.82 Å². The molecule has 1 aromatic rings. The Morgan fingerprint density at radius 1 is 1.44 bits per heavy atom. The van der Waals surface area contributed by atoms with Gasteiger partial charge in [-0.2, -0.15) is 4.98 Å². The number of carbonyl (C=O) groups is 1. The molecule has 1 N–H and O–H groups in total. The lowest BCUT2D eigenvalue weighted by Crippen LogP contribution is -2.48. The molecule has 86 valence electrons. The van der Waals surface area contributed by atoms with Crippen LogP contribution in [0.25, 0.3) is 0 Å². The van der Waals surface area contributed by atoms with E-state index in [9.17, 15) is 4.79 Å². The van der Waals surface area contributed by atoms with Crippen LogP contribution in [0.1, 0.15) is 0 Å². The van der Waals surface area contributed by atoms with Crippen molar-refractivity contribution in [3.63, 3.8) is 0 Å². The Labute approximate surface area is 94.3 Å². The van der Waals surface area contributed by atoms with Crippen LogP contribution in [0.15, 0.2) is 12.3 Å². The number of piperazine rings is 1. The number of rotatable bonds is 2. The number of likely N-dealkylation sites (N-methyl/N-ethyl adjacent to an activating group) is 1. The zero-order valence-corrected chi connectivity index (χ0v) is 9.47. The number of aromatic nitrogens is 2. The summed E-state index contributed by atoms with van der Waals surface area (Å²) in [5.74, 6) is 1.49. The first kappa shape index (κ1) is 10.7. The summed E-state index contributed by atoms with van der Waals surface area (Å²) in [5, 5.41) is 2.88. The highest BCUT2D eigenvalue weighted by Crippen LogP contribution is 2.14. The summed E-state index contributed by atoms with van der Waals surface area (Å²) in [6.45, 7) is 1.93. The normalized spacial score (nSPS) is 16.5. The molecule has 2 rings (SSSR count). The number of hydrogen-bond acceptors (Lipinski definition) is 5. The van der Waals surface area contributed by atoms with Gasteiger partial charge in [-0.05, 0) is 6.07 Å². The van der Waals surface area contributed by atoms with Crippen molar-refractivity contribution in [1.82, 2.24) is 14.9 Å². The first-order valence-corrected chi connectivity index (χ1v) is 5.20. The Morgan fingerprint density at radius 3 is 2.94 bits per heavy atom. The van der Waals surface area contributed by atoms with Gasteiger partial charge in [0.15, 0.2) is 0 Å². The fourth-order valence-corrected chi connectivity index (χ4v) is 1.60. The summed E-state index contributed by atoms with van der Waals surface area (Å²) in [4.78, 5) is 23.6. The van der Waals surface area contributed by atoms with E-state index in [0.717, 1.165) is 18.9 Å². The van der Waals surface area contributed by atoms with Gasteiger partial charge in [-0.3, -0.25) is 4.79 Å². The van der Waals surface area contributed by atoms with Crippen molar-refractivity contribution in [2.45, 2.75) is 0 Å². The smallest absolute Gasteiger partial charge is 0.241 e. The summed E-state index contributed by atoms with van der Waals surface area (Å²) in [5.41, 5.74) is 0. The lowest BCUT2D eigenvalue weighted by atomic mass is 10.3. The van der Waals surface area contributed by atoms with Crippen molar-refractivity contribution in [3.8, 4) is 0 Å². The highest BCUT2D eigenvalue weighted by molar-refractivity contribution is 5.82. The number of anilines is 2. The SMILES string of the molecule is CNc1nccc(N2CCN(C)C(=O)C2)n1. The van der Waals surface area contributed by atoms with E-state index in [1.807, 2.05) is 18.0 Å². The van der Waals surface area contributed by atoms with E-state index < -0.39 is 0 Å². The zero-order valence-electron chi connectivity index (χ0n) is 9.47. The Kier molecular flexibility index (Phi) is 2.89. The molecule has 1 aromatic heterocycles. The van der Waals surface area contributed by atoms with Crippen LogP contribution in [-0.2, 0) is 4.79 Å². The minimum atomic E-state index is 0.121. The number of carbonyl (C=O) groups excluding carboxylic acids is 1. The van der Waals surface area contributed by atoms with Gasteiger partial charge in [0, 0.05) is 33.4 Å². The van der Waals surface area contributed by atoms with Crippen LogP contribution in [0.4, 0.5) is 11.8 Å². The van der Waals surface area contributed by atoms with E-state index in [1.54, 1.807) is 18.1 Å². The molecule has 0 aliphatic carbocycles. The molecule has 0 unspecified atom stereocenters. The molecular formula is C10H15N5O. The van der Waals surface area contributed by atoms with Crippen molar-refractivity contribution in [2.24, 2.45) is 0 Å². The van der Waals surface area contributed by atoms with Gasteiger partial charge in [0.05, 0.1) is 6.54 Å². The molecule has 1 amide bonds. The van der Waals surface area contributed by atoms with Crippen LogP contribution < -0.4 is 10.2 Å². The highest BCUT2D eigenvalue weighted by atomic mass is 16.2. The monoisotopic (exact) mass is 221 g/mol. The van der Waals surface area contributed by atoms with E-state index in [-0.39, 0.29) is 5.91 Å². The number of amides is 1. The van der Waals surface area contributed by atoms with Gasteiger partial charge in [0.25, 0.3) is 0 Å². The maximum absolute atomic E-state index is 11.6. The van der Waals surface area contributed by atoms with E-state index in [1.165, 1.54) is 0 Å². The number of nitrogens with zero attached hydrogens (tertiary/aromatic N) is 4. The largest absolute Gasteiger partial charge is 0.357 e. The molecule has 1 fully saturated rings. The second-order valence-corrected chi connectivity index (χ2v) is 3.73. The van der Waals surface area contributed by atoms with Crippen LogP contribution in [0.3, 0.4) is 0 Å². The molecule has 0 spiro atoms. The molecule has 1 saturated heterocycles. The van der Waals surface area contributed by atoms with Crippen molar-refractivity contribution >= 4 is 17.7 Å². The predicted molar refractivity (Wildman–Crippen MR) is 61.4 cm³/mol. The first-order valence-electron chi connectivity index (χ1n) is 5.20.